The van der Waals surface area contributed by atoms with Crippen molar-refractivity contribution < 1.29 is 14.8 Å². The van der Waals surface area contributed by atoms with Crippen molar-refractivity contribution in [3.63, 3.8) is 0 Å². The lowest BCUT2D eigenvalue weighted by molar-refractivity contribution is 0.141. The van der Waals surface area contributed by atoms with Crippen molar-refractivity contribution >= 4 is 12.6 Å². The molecule has 5 rings (SSSR count). The molecule has 2 atom stereocenters. The van der Waals surface area contributed by atoms with Crippen molar-refractivity contribution in [1.29, 1.82) is 0 Å². The number of para-hydroxylation sites is 1. The Morgan fingerprint density at radius 1 is 0.724 bits per heavy atom. The average Bonchev–Trinajstić information content (AvgIpc) is 2.78. The second-order valence-electron chi connectivity index (χ2n) is 7.52. The van der Waals surface area contributed by atoms with Crippen molar-refractivity contribution in [2.45, 2.75) is 11.5 Å². The summed E-state index contributed by atoms with van der Waals surface area (Å²) in [6.45, 7) is 0. The zero-order chi connectivity index (χ0) is 19.8. The largest absolute Gasteiger partial charge is 0.492 e. The van der Waals surface area contributed by atoms with Gasteiger partial charge < -0.3 is 14.8 Å². The monoisotopic (exact) mass is 380 g/mol. The van der Waals surface area contributed by atoms with Gasteiger partial charge in [0, 0.05) is 16.9 Å². The molecule has 0 spiro atoms. The highest BCUT2D eigenvalue weighted by molar-refractivity contribution is 6.59. The SMILES string of the molecule is OB(O)c1cccc2c1OC1C=CC=C[C@@H]1C2(c1ccccc1)c1ccccc1. The Kier molecular flexibility index (Phi) is 4.38. The molecule has 3 aromatic rings. The van der Waals surface area contributed by atoms with E-state index in [2.05, 4.69) is 66.8 Å². The molecule has 1 unspecified atom stereocenters. The Labute approximate surface area is 170 Å². The van der Waals surface area contributed by atoms with Gasteiger partial charge in [0.2, 0.25) is 0 Å². The maximum absolute atomic E-state index is 10.0. The molecule has 0 amide bonds. The molecule has 3 aromatic carbocycles. The molecule has 29 heavy (non-hydrogen) atoms. The van der Waals surface area contributed by atoms with Crippen LogP contribution in [0.2, 0.25) is 0 Å². The summed E-state index contributed by atoms with van der Waals surface area (Å²) in [6.07, 6.45) is 8.10. The van der Waals surface area contributed by atoms with E-state index in [0.717, 1.165) is 16.7 Å². The van der Waals surface area contributed by atoms with Gasteiger partial charge in [-0.05, 0) is 17.2 Å². The number of hydrogen-bond donors (Lipinski definition) is 2. The maximum atomic E-state index is 10.0. The molecule has 4 heteroatoms. The molecule has 0 bridgehead atoms. The fourth-order valence-corrected chi connectivity index (χ4v) is 4.87. The maximum Gasteiger partial charge on any atom is 0.492 e. The number of benzene rings is 3. The van der Waals surface area contributed by atoms with E-state index >= 15 is 0 Å². The fraction of sp³-hybridized carbons (Fsp3) is 0.120. The molecule has 2 aliphatic rings. The predicted octanol–water partition coefficient (Wildman–Crippen LogP) is 3.20. The molecule has 1 aliphatic heterocycles. The number of fused-ring (bicyclic) bond motifs is 2. The summed E-state index contributed by atoms with van der Waals surface area (Å²) in [5, 5.41) is 20.1. The second-order valence-corrected chi connectivity index (χ2v) is 7.52. The Morgan fingerprint density at radius 2 is 1.34 bits per heavy atom. The molecule has 0 saturated carbocycles. The molecule has 142 valence electrons. The standard InChI is InChI=1S/C25H21BO3/c27-26(28)22-16-9-15-21-24(22)29-23-17-8-7-14-20(23)25(21,18-10-3-1-4-11-18)19-12-5-2-6-13-19/h1-17,20,23,27-28H/t20-,23?/m0/s1. The molecule has 1 heterocycles. The Balaban J connectivity index is 1.92. The summed E-state index contributed by atoms with van der Waals surface area (Å²) in [7, 11) is -1.60. The minimum atomic E-state index is -1.60. The van der Waals surface area contributed by atoms with Crippen LogP contribution in [0.5, 0.6) is 5.75 Å². The minimum absolute atomic E-state index is 0.0240. The van der Waals surface area contributed by atoms with E-state index in [9.17, 15) is 10.0 Å². The van der Waals surface area contributed by atoms with Gasteiger partial charge >= 0.3 is 7.12 Å². The summed E-state index contributed by atoms with van der Waals surface area (Å²) in [6, 6.07) is 26.5. The van der Waals surface area contributed by atoms with Crippen molar-refractivity contribution in [2.75, 3.05) is 0 Å². The van der Waals surface area contributed by atoms with Gasteiger partial charge in [0.15, 0.2) is 0 Å². The normalized spacial score (nSPS) is 21.0. The van der Waals surface area contributed by atoms with Crippen molar-refractivity contribution in [2.24, 2.45) is 5.92 Å². The van der Waals surface area contributed by atoms with Crippen LogP contribution in [-0.2, 0) is 5.41 Å². The quantitative estimate of drug-likeness (QED) is 0.687. The van der Waals surface area contributed by atoms with Crippen LogP contribution in [0, 0.1) is 5.92 Å². The van der Waals surface area contributed by atoms with Crippen LogP contribution in [0.25, 0.3) is 0 Å². The number of rotatable bonds is 3. The van der Waals surface area contributed by atoms with Gasteiger partial charge in [-0.3, -0.25) is 0 Å². The Hall–Kier alpha value is -3.08. The highest BCUT2D eigenvalue weighted by atomic mass is 16.5. The summed E-state index contributed by atoms with van der Waals surface area (Å²) in [5.41, 5.74) is 3.11. The van der Waals surface area contributed by atoms with Crippen LogP contribution in [0.1, 0.15) is 16.7 Å². The first-order valence-corrected chi connectivity index (χ1v) is 9.85. The van der Waals surface area contributed by atoms with Crippen LogP contribution in [0.15, 0.2) is 103 Å². The number of ether oxygens (including phenoxy) is 1. The topological polar surface area (TPSA) is 49.7 Å². The first-order chi connectivity index (χ1) is 14.2. The summed E-state index contributed by atoms with van der Waals surface area (Å²) < 4.78 is 6.37. The van der Waals surface area contributed by atoms with Crippen LogP contribution < -0.4 is 10.2 Å². The summed E-state index contributed by atoms with van der Waals surface area (Å²) >= 11 is 0. The first kappa shape index (κ1) is 18.0. The van der Waals surface area contributed by atoms with Gasteiger partial charge in [-0.1, -0.05) is 97.1 Å². The summed E-state index contributed by atoms with van der Waals surface area (Å²) in [5.74, 6) is 0.576. The lowest BCUT2D eigenvalue weighted by Crippen LogP contribution is -2.51. The van der Waals surface area contributed by atoms with Gasteiger partial charge in [0.25, 0.3) is 0 Å². The van der Waals surface area contributed by atoms with E-state index in [1.165, 1.54) is 0 Å². The highest BCUT2D eigenvalue weighted by Crippen LogP contribution is 2.54. The smallest absolute Gasteiger partial charge is 0.486 e. The van der Waals surface area contributed by atoms with E-state index in [-0.39, 0.29) is 12.0 Å². The van der Waals surface area contributed by atoms with Crippen LogP contribution in [-0.4, -0.2) is 23.3 Å². The summed E-state index contributed by atoms with van der Waals surface area (Å²) in [4.78, 5) is 0. The Bertz CT molecular complexity index is 1030. The third kappa shape index (κ3) is 2.68. The second kappa shape index (κ2) is 7.07. The third-order valence-corrected chi connectivity index (χ3v) is 6.04. The molecular formula is C25H21BO3. The van der Waals surface area contributed by atoms with E-state index in [1.807, 2.05) is 30.3 Å². The van der Waals surface area contributed by atoms with Crippen LogP contribution in [0.3, 0.4) is 0 Å². The predicted molar refractivity (Wildman–Crippen MR) is 115 cm³/mol. The van der Waals surface area contributed by atoms with Gasteiger partial charge in [-0.2, -0.15) is 0 Å². The van der Waals surface area contributed by atoms with Crippen molar-refractivity contribution in [3.05, 3.63) is 120 Å². The highest BCUT2D eigenvalue weighted by Gasteiger charge is 2.52. The van der Waals surface area contributed by atoms with E-state index < -0.39 is 12.5 Å². The third-order valence-electron chi connectivity index (χ3n) is 6.04. The number of hydrogen-bond acceptors (Lipinski definition) is 3. The fourth-order valence-electron chi connectivity index (χ4n) is 4.87. The zero-order valence-corrected chi connectivity index (χ0v) is 15.8. The number of allylic oxidation sites excluding steroid dienone is 2. The zero-order valence-electron chi connectivity index (χ0n) is 15.8. The van der Waals surface area contributed by atoms with Crippen molar-refractivity contribution in [3.8, 4) is 5.75 Å². The van der Waals surface area contributed by atoms with E-state index in [1.54, 1.807) is 6.07 Å². The lowest BCUT2D eigenvalue weighted by Gasteiger charge is -2.49. The van der Waals surface area contributed by atoms with Crippen LogP contribution >= 0.6 is 0 Å². The average molecular weight is 380 g/mol. The van der Waals surface area contributed by atoms with Gasteiger partial charge in [0.1, 0.15) is 11.9 Å². The van der Waals surface area contributed by atoms with Crippen molar-refractivity contribution in [1.82, 2.24) is 0 Å². The van der Waals surface area contributed by atoms with Gasteiger partial charge in [-0.25, -0.2) is 0 Å². The van der Waals surface area contributed by atoms with Gasteiger partial charge in [-0.15, -0.1) is 0 Å². The van der Waals surface area contributed by atoms with Gasteiger partial charge in [0.05, 0.1) is 5.41 Å². The molecule has 0 saturated heterocycles. The van der Waals surface area contributed by atoms with E-state index in [4.69, 9.17) is 4.74 Å². The molecule has 0 fully saturated rings. The van der Waals surface area contributed by atoms with E-state index in [0.29, 0.717) is 11.2 Å². The molecule has 0 radical (unpaired) electrons. The minimum Gasteiger partial charge on any atom is -0.486 e. The Morgan fingerprint density at radius 3 is 1.97 bits per heavy atom. The molecule has 3 nitrogen and oxygen atoms in total. The lowest BCUT2D eigenvalue weighted by atomic mass is 9.57. The molecule has 2 N–H and O–H groups in total. The first-order valence-electron chi connectivity index (χ1n) is 9.85. The molecular weight excluding hydrogens is 359 g/mol. The molecule has 1 aliphatic carbocycles. The van der Waals surface area contributed by atoms with Crippen LogP contribution in [0.4, 0.5) is 0 Å². The molecule has 0 aromatic heterocycles.